The van der Waals surface area contributed by atoms with Gasteiger partial charge in [0.05, 0.1) is 5.69 Å². The molecule has 0 bridgehead atoms. The number of nitrogens with two attached hydrogens (primary N) is 1. The number of anilines is 1. The van der Waals surface area contributed by atoms with Crippen molar-refractivity contribution in [3.05, 3.63) is 23.9 Å². The predicted molar refractivity (Wildman–Crippen MR) is 71.2 cm³/mol. The highest BCUT2D eigenvalue weighted by molar-refractivity contribution is 5.65. The van der Waals surface area contributed by atoms with Crippen LogP contribution in [0.3, 0.4) is 0 Å². The van der Waals surface area contributed by atoms with Crippen LogP contribution in [0.2, 0.25) is 0 Å². The van der Waals surface area contributed by atoms with Crippen molar-refractivity contribution < 1.29 is 0 Å². The molecule has 0 unspecified atom stereocenters. The van der Waals surface area contributed by atoms with Crippen molar-refractivity contribution in [2.75, 3.05) is 5.73 Å². The minimum atomic E-state index is 0.222. The van der Waals surface area contributed by atoms with Gasteiger partial charge in [-0.25, -0.2) is 0 Å². The van der Waals surface area contributed by atoms with Gasteiger partial charge in [0.15, 0.2) is 0 Å². The van der Waals surface area contributed by atoms with E-state index in [4.69, 9.17) is 5.73 Å². The van der Waals surface area contributed by atoms with Crippen molar-refractivity contribution in [2.24, 2.45) is 10.8 Å². The van der Waals surface area contributed by atoms with E-state index in [9.17, 15) is 0 Å². The zero-order chi connectivity index (χ0) is 12.7. The maximum atomic E-state index is 5.57. The van der Waals surface area contributed by atoms with Gasteiger partial charge in [0.25, 0.3) is 0 Å². The first-order chi connectivity index (χ1) is 7.77. The molecule has 92 valence electrons. The van der Waals surface area contributed by atoms with Crippen LogP contribution < -0.4 is 5.73 Å². The average molecular weight is 231 g/mol. The van der Waals surface area contributed by atoms with Gasteiger partial charge < -0.3 is 5.73 Å². The fourth-order valence-electron chi connectivity index (χ4n) is 3.06. The molecule has 0 radical (unpaired) electrons. The lowest BCUT2D eigenvalue weighted by molar-refractivity contribution is 0.228. The van der Waals surface area contributed by atoms with Gasteiger partial charge in [-0.15, -0.1) is 10.2 Å². The molecule has 1 aliphatic rings. The molecule has 1 aromatic rings. The van der Waals surface area contributed by atoms with Crippen LogP contribution in [0.5, 0.6) is 0 Å². The molecule has 0 aromatic carbocycles. The Morgan fingerprint density at radius 3 is 2.35 bits per heavy atom. The summed E-state index contributed by atoms with van der Waals surface area (Å²) in [7, 11) is 0. The Bertz CT molecular complexity index is 441. The van der Waals surface area contributed by atoms with Gasteiger partial charge in [0.2, 0.25) is 0 Å². The molecular formula is C14H21N3. The number of hydrogen-bond acceptors (Lipinski definition) is 3. The van der Waals surface area contributed by atoms with Gasteiger partial charge in [-0.1, -0.05) is 33.8 Å². The molecule has 0 fully saturated rings. The van der Waals surface area contributed by atoms with Crippen molar-refractivity contribution in [1.82, 2.24) is 10.2 Å². The Balaban J connectivity index is 2.38. The first-order valence-corrected chi connectivity index (χ1v) is 6.09. The molecule has 1 aliphatic carbocycles. The molecule has 3 nitrogen and oxygen atoms in total. The van der Waals surface area contributed by atoms with E-state index in [0.29, 0.717) is 11.2 Å². The van der Waals surface area contributed by atoms with Gasteiger partial charge in [0.1, 0.15) is 5.82 Å². The molecule has 0 atom stereocenters. The third-order valence-electron chi connectivity index (χ3n) is 3.18. The molecular weight excluding hydrogens is 210 g/mol. The predicted octanol–water partition coefficient (Wildman–Crippen LogP) is 3.29. The summed E-state index contributed by atoms with van der Waals surface area (Å²) in [6.07, 6.45) is 4.58. The molecule has 1 aromatic heterocycles. The molecule has 0 saturated carbocycles. The SMILES string of the molecule is CC1(C)C=C(c2ccc(N)nn2)CC(C)(C)C1. The topological polar surface area (TPSA) is 51.8 Å². The molecule has 17 heavy (non-hydrogen) atoms. The second-order valence-electron chi connectivity index (χ2n) is 6.52. The minimum absolute atomic E-state index is 0.222. The van der Waals surface area contributed by atoms with Gasteiger partial charge >= 0.3 is 0 Å². The molecule has 2 N–H and O–H groups in total. The highest BCUT2D eigenvalue weighted by Crippen LogP contribution is 2.46. The van der Waals surface area contributed by atoms with Crippen LogP contribution in [0.1, 0.15) is 46.2 Å². The number of hydrogen-bond donors (Lipinski definition) is 1. The van der Waals surface area contributed by atoms with Crippen molar-refractivity contribution >= 4 is 11.4 Å². The van der Waals surface area contributed by atoms with Crippen molar-refractivity contribution in [3.8, 4) is 0 Å². The van der Waals surface area contributed by atoms with Gasteiger partial charge in [0, 0.05) is 0 Å². The molecule has 0 saturated heterocycles. The van der Waals surface area contributed by atoms with E-state index in [1.807, 2.05) is 12.1 Å². The first-order valence-electron chi connectivity index (χ1n) is 6.09. The molecule has 2 rings (SSSR count). The summed E-state index contributed by atoms with van der Waals surface area (Å²) in [6, 6.07) is 3.78. The van der Waals surface area contributed by atoms with Gasteiger partial charge in [-0.2, -0.15) is 0 Å². The number of nitrogen functional groups attached to an aromatic ring is 1. The van der Waals surface area contributed by atoms with Crippen LogP contribution in [-0.4, -0.2) is 10.2 Å². The van der Waals surface area contributed by atoms with E-state index in [2.05, 4.69) is 44.0 Å². The van der Waals surface area contributed by atoms with Crippen LogP contribution in [0, 0.1) is 10.8 Å². The summed E-state index contributed by atoms with van der Waals surface area (Å²) in [6.45, 7) is 9.18. The fourth-order valence-corrected chi connectivity index (χ4v) is 3.06. The lowest BCUT2D eigenvalue weighted by atomic mass is 9.66. The third kappa shape index (κ3) is 2.84. The standard InChI is InChI=1S/C14H21N3/c1-13(2)7-10(8-14(3,4)9-13)11-5-6-12(15)17-16-11/h5-7H,8-9H2,1-4H3,(H2,15,17). The van der Waals surface area contributed by atoms with E-state index in [-0.39, 0.29) is 5.41 Å². The highest BCUT2D eigenvalue weighted by atomic mass is 15.1. The van der Waals surface area contributed by atoms with Crippen LogP contribution in [-0.2, 0) is 0 Å². The number of aromatic nitrogens is 2. The van der Waals surface area contributed by atoms with Crippen LogP contribution >= 0.6 is 0 Å². The average Bonchev–Trinajstić information content (AvgIpc) is 2.13. The van der Waals surface area contributed by atoms with E-state index >= 15 is 0 Å². The lowest BCUT2D eigenvalue weighted by Crippen LogP contribution is -2.27. The zero-order valence-electron chi connectivity index (χ0n) is 11.1. The van der Waals surface area contributed by atoms with E-state index in [1.165, 1.54) is 12.0 Å². The quantitative estimate of drug-likeness (QED) is 0.807. The summed E-state index contributed by atoms with van der Waals surface area (Å²) >= 11 is 0. The van der Waals surface area contributed by atoms with Gasteiger partial charge in [-0.3, -0.25) is 0 Å². The minimum Gasteiger partial charge on any atom is -0.382 e. The molecule has 0 amide bonds. The second kappa shape index (κ2) is 3.83. The van der Waals surface area contributed by atoms with E-state index < -0.39 is 0 Å². The van der Waals surface area contributed by atoms with Gasteiger partial charge in [-0.05, 0) is 41.4 Å². The summed E-state index contributed by atoms with van der Waals surface area (Å²) in [5.74, 6) is 0.476. The second-order valence-corrected chi connectivity index (χ2v) is 6.52. The fraction of sp³-hybridized carbons (Fsp3) is 0.571. The Hall–Kier alpha value is -1.38. The molecule has 3 heteroatoms. The Labute approximate surface area is 103 Å². The van der Waals surface area contributed by atoms with Crippen LogP contribution in [0.15, 0.2) is 18.2 Å². The van der Waals surface area contributed by atoms with Crippen molar-refractivity contribution in [2.45, 2.75) is 40.5 Å². The number of nitrogens with zero attached hydrogens (tertiary/aromatic N) is 2. The first kappa shape index (κ1) is 12.1. The number of allylic oxidation sites excluding steroid dienone is 2. The maximum absolute atomic E-state index is 5.57. The smallest absolute Gasteiger partial charge is 0.146 e. The Morgan fingerprint density at radius 2 is 1.82 bits per heavy atom. The van der Waals surface area contributed by atoms with E-state index in [0.717, 1.165) is 12.1 Å². The summed E-state index contributed by atoms with van der Waals surface area (Å²) in [5, 5.41) is 8.13. The zero-order valence-corrected chi connectivity index (χ0v) is 11.1. The molecule has 0 spiro atoms. The van der Waals surface area contributed by atoms with E-state index in [1.54, 1.807) is 0 Å². The summed E-state index contributed by atoms with van der Waals surface area (Å²) < 4.78 is 0. The summed E-state index contributed by atoms with van der Waals surface area (Å²) in [4.78, 5) is 0. The number of rotatable bonds is 1. The van der Waals surface area contributed by atoms with Crippen molar-refractivity contribution in [1.29, 1.82) is 0 Å². The Morgan fingerprint density at radius 1 is 1.12 bits per heavy atom. The largest absolute Gasteiger partial charge is 0.382 e. The normalized spacial score (nSPS) is 22.0. The maximum Gasteiger partial charge on any atom is 0.146 e. The Kier molecular flexibility index (Phi) is 2.72. The highest BCUT2D eigenvalue weighted by Gasteiger charge is 2.33. The lowest BCUT2D eigenvalue weighted by Gasteiger charge is -2.39. The van der Waals surface area contributed by atoms with Crippen molar-refractivity contribution in [3.63, 3.8) is 0 Å². The summed E-state index contributed by atoms with van der Waals surface area (Å²) in [5.41, 5.74) is 8.36. The monoisotopic (exact) mass is 231 g/mol. The van der Waals surface area contributed by atoms with Crippen LogP contribution in [0.4, 0.5) is 5.82 Å². The third-order valence-corrected chi connectivity index (χ3v) is 3.18. The molecule has 1 heterocycles. The van der Waals surface area contributed by atoms with Crippen LogP contribution in [0.25, 0.3) is 5.57 Å². The molecule has 0 aliphatic heterocycles.